The molecule has 25 heavy (non-hydrogen) atoms. The summed E-state index contributed by atoms with van der Waals surface area (Å²) in [5.74, 6) is 1.74. The summed E-state index contributed by atoms with van der Waals surface area (Å²) in [7, 11) is 0. The molecule has 0 saturated carbocycles. The van der Waals surface area contributed by atoms with Gasteiger partial charge < -0.3 is 15.3 Å². The normalized spacial score (nSPS) is 17.1. The third kappa shape index (κ3) is 4.10. The number of nitrogens with zero attached hydrogens (tertiary/aromatic N) is 3. The second-order valence-electron chi connectivity index (χ2n) is 6.99. The zero-order valence-corrected chi connectivity index (χ0v) is 15.4. The van der Waals surface area contributed by atoms with E-state index in [1.54, 1.807) is 6.33 Å². The zero-order chi connectivity index (χ0) is 17.8. The van der Waals surface area contributed by atoms with E-state index in [0.717, 1.165) is 44.0 Å². The van der Waals surface area contributed by atoms with Crippen molar-refractivity contribution < 1.29 is 5.11 Å². The average Bonchev–Trinajstić information content (AvgIpc) is 3.06. The second kappa shape index (κ2) is 7.83. The highest BCUT2D eigenvalue weighted by Crippen LogP contribution is 2.24. The predicted molar refractivity (Wildman–Crippen MR) is 102 cm³/mol. The highest BCUT2D eigenvalue weighted by molar-refractivity contribution is 5.50. The minimum atomic E-state index is 0.179. The molecule has 3 rings (SSSR count). The molecule has 1 atom stereocenters. The number of nitrogens with one attached hydrogen (secondary N) is 1. The smallest absolute Gasteiger partial charge is 0.134 e. The summed E-state index contributed by atoms with van der Waals surface area (Å²) >= 11 is 0. The molecule has 2 aromatic rings. The lowest BCUT2D eigenvalue weighted by atomic mass is 9.97. The van der Waals surface area contributed by atoms with E-state index in [9.17, 15) is 5.11 Å². The lowest BCUT2D eigenvalue weighted by molar-refractivity contribution is 0.266. The maximum atomic E-state index is 9.51. The second-order valence-corrected chi connectivity index (χ2v) is 6.99. The van der Waals surface area contributed by atoms with Crippen LogP contribution >= 0.6 is 0 Å². The third-order valence-corrected chi connectivity index (χ3v) is 5.06. The molecule has 1 saturated heterocycles. The summed E-state index contributed by atoms with van der Waals surface area (Å²) < 4.78 is 0. The fourth-order valence-electron chi connectivity index (χ4n) is 3.85. The van der Waals surface area contributed by atoms with Crippen LogP contribution in [0.4, 0.5) is 11.6 Å². The molecule has 1 aliphatic heterocycles. The van der Waals surface area contributed by atoms with Crippen LogP contribution in [0.15, 0.2) is 24.5 Å². The largest absolute Gasteiger partial charge is 0.394 e. The minimum absolute atomic E-state index is 0.179. The van der Waals surface area contributed by atoms with Crippen molar-refractivity contribution in [1.82, 2.24) is 9.97 Å². The van der Waals surface area contributed by atoms with E-state index in [-0.39, 0.29) is 12.6 Å². The Bertz CT molecular complexity index is 708. The molecule has 2 heterocycles. The van der Waals surface area contributed by atoms with Gasteiger partial charge >= 0.3 is 0 Å². The van der Waals surface area contributed by atoms with E-state index in [0.29, 0.717) is 0 Å². The first-order chi connectivity index (χ1) is 12.1. The average molecular weight is 340 g/mol. The monoisotopic (exact) mass is 340 g/mol. The van der Waals surface area contributed by atoms with Crippen LogP contribution in [0.25, 0.3) is 0 Å². The molecule has 134 valence electrons. The number of aromatic nitrogens is 2. The molecule has 0 aliphatic carbocycles. The van der Waals surface area contributed by atoms with E-state index in [1.807, 2.05) is 6.07 Å². The third-order valence-electron chi connectivity index (χ3n) is 5.06. The highest BCUT2D eigenvalue weighted by Gasteiger charge is 2.25. The van der Waals surface area contributed by atoms with Crippen LogP contribution < -0.4 is 10.2 Å². The number of hydrogen-bond acceptors (Lipinski definition) is 5. The molecular formula is C20H28N4O. The number of benzene rings is 1. The number of anilines is 2. The molecule has 0 radical (unpaired) electrons. The van der Waals surface area contributed by atoms with Gasteiger partial charge in [0.25, 0.3) is 0 Å². The van der Waals surface area contributed by atoms with Gasteiger partial charge in [0.05, 0.1) is 12.6 Å². The number of aliphatic hydroxyl groups is 1. The van der Waals surface area contributed by atoms with Gasteiger partial charge in [0.15, 0.2) is 0 Å². The Labute approximate surface area is 150 Å². The van der Waals surface area contributed by atoms with Gasteiger partial charge in [-0.15, -0.1) is 0 Å². The van der Waals surface area contributed by atoms with Crippen molar-refractivity contribution in [2.45, 2.75) is 46.1 Å². The van der Waals surface area contributed by atoms with Crippen molar-refractivity contribution in [3.05, 3.63) is 46.8 Å². The maximum Gasteiger partial charge on any atom is 0.134 e. The van der Waals surface area contributed by atoms with Gasteiger partial charge in [0, 0.05) is 19.2 Å². The Morgan fingerprint density at radius 1 is 1.16 bits per heavy atom. The predicted octanol–water partition coefficient (Wildman–Crippen LogP) is 3.02. The fourth-order valence-corrected chi connectivity index (χ4v) is 3.85. The van der Waals surface area contributed by atoms with Crippen molar-refractivity contribution in [1.29, 1.82) is 0 Å². The van der Waals surface area contributed by atoms with Gasteiger partial charge in [0.2, 0.25) is 0 Å². The molecule has 1 unspecified atom stereocenters. The molecule has 1 aromatic heterocycles. The van der Waals surface area contributed by atoms with Crippen LogP contribution in [0.1, 0.15) is 35.1 Å². The summed E-state index contributed by atoms with van der Waals surface area (Å²) in [4.78, 5) is 10.9. The van der Waals surface area contributed by atoms with Crippen LogP contribution in [-0.2, 0) is 6.42 Å². The molecule has 1 aromatic carbocycles. The Morgan fingerprint density at radius 2 is 1.92 bits per heavy atom. The van der Waals surface area contributed by atoms with Gasteiger partial charge in [-0.3, -0.25) is 0 Å². The number of aliphatic hydroxyl groups excluding tert-OH is 1. The molecule has 0 amide bonds. The van der Waals surface area contributed by atoms with Crippen LogP contribution in [0.2, 0.25) is 0 Å². The van der Waals surface area contributed by atoms with Gasteiger partial charge in [-0.05, 0) is 56.7 Å². The minimum Gasteiger partial charge on any atom is -0.394 e. The lowest BCUT2D eigenvalue weighted by Crippen LogP contribution is -2.32. The van der Waals surface area contributed by atoms with Crippen LogP contribution in [-0.4, -0.2) is 40.8 Å². The Morgan fingerprint density at radius 3 is 2.64 bits per heavy atom. The fraction of sp³-hybridized carbons (Fsp3) is 0.500. The zero-order valence-electron chi connectivity index (χ0n) is 15.4. The first-order valence-electron chi connectivity index (χ1n) is 9.08. The van der Waals surface area contributed by atoms with E-state index >= 15 is 0 Å². The number of rotatable bonds is 6. The Balaban J connectivity index is 1.64. The van der Waals surface area contributed by atoms with Crippen LogP contribution in [0.5, 0.6) is 0 Å². The molecular weight excluding hydrogens is 312 g/mol. The number of aryl methyl sites for hydroxylation is 3. The Hall–Kier alpha value is -2.14. The maximum absolute atomic E-state index is 9.51. The molecule has 0 bridgehead atoms. The van der Waals surface area contributed by atoms with Gasteiger partial charge in [-0.2, -0.15) is 0 Å². The Kier molecular flexibility index (Phi) is 5.53. The molecule has 1 fully saturated rings. The van der Waals surface area contributed by atoms with Crippen molar-refractivity contribution in [2.75, 3.05) is 29.9 Å². The van der Waals surface area contributed by atoms with E-state index in [4.69, 9.17) is 0 Å². The van der Waals surface area contributed by atoms with Crippen LogP contribution in [0.3, 0.4) is 0 Å². The summed E-state index contributed by atoms with van der Waals surface area (Å²) in [6.45, 7) is 8.47. The highest BCUT2D eigenvalue weighted by atomic mass is 16.3. The first-order valence-corrected chi connectivity index (χ1v) is 9.08. The van der Waals surface area contributed by atoms with Gasteiger partial charge in [-0.25, -0.2) is 9.97 Å². The topological polar surface area (TPSA) is 61.3 Å². The van der Waals surface area contributed by atoms with Crippen molar-refractivity contribution in [3.8, 4) is 0 Å². The molecule has 1 aliphatic rings. The van der Waals surface area contributed by atoms with Crippen molar-refractivity contribution in [2.24, 2.45) is 0 Å². The summed E-state index contributed by atoms with van der Waals surface area (Å²) in [5, 5.41) is 12.9. The lowest BCUT2D eigenvalue weighted by Gasteiger charge is -2.24. The van der Waals surface area contributed by atoms with E-state index in [1.165, 1.54) is 22.3 Å². The molecule has 0 spiro atoms. The molecule has 5 nitrogen and oxygen atoms in total. The molecule has 2 N–H and O–H groups in total. The summed E-state index contributed by atoms with van der Waals surface area (Å²) in [6, 6.07) is 6.66. The number of hydrogen-bond donors (Lipinski definition) is 2. The SMILES string of the molecule is Cc1cc(C)c(CCNc2cc(N3CCCC3CO)ncn2)c(C)c1. The van der Waals surface area contributed by atoms with Crippen LogP contribution in [0, 0.1) is 20.8 Å². The standard InChI is InChI=1S/C20H28N4O/c1-14-9-15(2)18(16(3)10-14)6-7-21-19-11-20(23-13-22-19)24-8-4-5-17(24)12-25/h9-11,13,17,25H,4-8,12H2,1-3H3,(H,21,22,23). The summed E-state index contributed by atoms with van der Waals surface area (Å²) in [5.41, 5.74) is 5.43. The van der Waals surface area contributed by atoms with E-state index < -0.39 is 0 Å². The van der Waals surface area contributed by atoms with Crippen molar-refractivity contribution >= 4 is 11.6 Å². The quantitative estimate of drug-likeness (QED) is 0.846. The summed E-state index contributed by atoms with van der Waals surface area (Å²) in [6.07, 6.45) is 4.70. The first kappa shape index (κ1) is 17.7. The van der Waals surface area contributed by atoms with Gasteiger partial charge in [-0.1, -0.05) is 17.7 Å². The van der Waals surface area contributed by atoms with Crippen molar-refractivity contribution in [3.63, 3.8) is 0 Å². The molecule has 5 heteroatoms. The van der Waals surface area contributed by atoms with E-state index in [2.05, 4.69) is 53.1 Å². The van der Waals surface area contributed by atoms with Gasteiger partial charge in [0.1, 0.15) is 18.0 Å².